The first-order valence-electron chi connectivity index (χ1n) is 6.81. The van der Waals surface area contributed by atoms with Crippen LogP contribution in [0.5, 0.6) is 0 Å². The van der Waals surface area contributed by atoms with Crippen LogP contribution in [-0.4, -0.2) is 12.5 Å². The number of carbonyl (C=O) groups excluding carboxylic acids is 1. The third-order valence-electron chi connectivity index (χ3n) is 3.22. The first-order valence-corrected chi connectivity index (χ1v) is 7.98. The quantitative estimate of drug-likeness (QED) is 0.735. The molecular formula is C15H21BrClNO. The van der Waals surface area contributed by atoms with Gasteiger partial charge in [0, 0.05) is 21.6 Å². The van der Waals surface area contributed by atoms with Gasteiger partial charge in [0.05, 0.1) is 0 Å². The number of rotatable bonds is 7. The molecule has 106 valence electrons. The summed E-state index contributed by atoms with van der Waals surface area (Å²) in [6.45, 7) is 5.09. The number of unbranched alkanes of at least 4 members (excludes halogenated alkanes) is 1. The molecule has 0 heterocycles. The van der Waals surface area contributed by atoms with Gasteiger partial charge >= 0.3 is 0 Å². The fourth-order valence-corrected chi connectivity index (χ4v) is 2.83. The van der Waals surface area contributed by atoms with Crippen LogP contribution in [-0.2, 0) is 0 Å². The smallest absolute Gasteiger partial charge is 0.251 e. The van der Waals surface area contributed by atoms with E-state index in [9.17, 15) is 4.79 Å². The Balaban J connectivity index is 2.54. The van der Waals surface area contributed by atoms with Gasteiger partial charge in [0.25, 0.3) is 5.91 Å². The van der Waals surface area contributed by atoms with E-state index < -0.39 is 0 Å². The molecule has 1 atom stereocenters. The Morgan fingerprint density at radius 1 is 1.37 bits per heavy atom. The summed E-state index contributed by atoms with van der Waals surface area (Å²) in [4.78, 5) is 12.1. The number of hydrogen-bond donors (Lipinski definition) is 1. The molecule has 0 fully saturated rings. The van der Waals surface area contributed by atoms with Gasteiger partial charge < -0.3 is 5.32 Å². The highest BCUT2D eigenvalue weighted by Gasteiger charge is 2.11. The van der Waals surface area contributed by atoms with Gasteiger partial charge in [-0.05, 0) is 30.5 Å². The topological polar surface area (TPSA) is 29.1 Å². The van der Waals surface area contributed by atoms with Crippen molar-refractivity contribution in [1.29, 1.82) is 0 Å². The van der Waals surface area contributed by atoms with E-state index in [-0.39, 0.29) is 5.91 Å². The molecule has 1 rings (SSSR count). The zero-order chi connectivity index (χ0) is 14.3. The van der Waals surface area contributed by atoms with Crippen LogP contribution < -0.4 is 5.32 Å². The predicted molar refractivity (Wildman–Crippen MR) is 84.8 cm³/mol. The molecule has 1 aromatic carbocycles. The van der Waals surface area contributed by atoms with E-state index >= 15 is 0 Å². The number of nitrogens with one attached hydrogen (secondary N) is 1. The highest BCUT2D eigenvalue weighted by Crippen LogP contribution is 2.19. The van der Waals surface area contributed by atoms with Gasteiger partial charge in [-0.15, -0.1) is 0 Å². The molecule has 1 N–H and O–H groups in total. The molecule has 0 aliphatic rings. The summed E-state index contributed by atoms with van der Waals surface area (Å²) in [6, 6.07) is 5.25. The van der Waals surface area contributed by atoms with Crippen molar-refractivity contribution in [2.24, 2.45) is 5.92 Å². The van der Waals surface area contributed by atoms with Crippen molar-refractivity contribution in [1.82, 2.24) is 5.32 Å². The Morgan fingerprint density at radius 3 is 2.68 bits per heavy atom. The minimum Gasteiger partial charge on any atom is -0.352 e. The van der Waals surface area contributed by atoms with Gasteiger partial charge in [0.15, 0.2) is 0 Å². The average molecular weight is 347 g/mol. The monoisotopic (exact) mass is 345 g/mol. The lowest BCUT2D eigenvalue weighted by molar-refractivity contribution is 0.0945. The molecule has 0 radical (unpaired) electrons. The third kappa shape index (κ3) is 5.96. The molecule has 0 saturated heterocycles. The van der Waals surface area contributed by atoms with Crippen molar-refractivity contribution in [2.75, 3.05) is 6.54 Å². The third-order valence-corrected chi connectivity index (χ3v) is 3.90. The van der Waals surface area contributed by atoms with Gasteiger partial charge in [0.2, 0.25) is 0 Å². The molecule has 2 nitrogen and oxygen atoms in total. The zero-order valence-electron chi connectivity index (χ0n) is 11.5. The van der Waals surface area contributed by atoms with Crippen molar-refractivity contribution in [2.45, 2.75) is 39.5 Å². The molecule has 0 bridgehead atoms. The van der Waals surface area contributed by atoms with Crippen LogP contribution >= 0.6 is 27.5 Å². The van der Waals surface area contributed by atoms with Crippen LogP contribution in [0.15, 0.2) is 22.7 Å². The van der Waals surface area contributed by atoms with Crippen molar-refractivity contribution in [3.63, 3.8) is 0 Å². The Kier molecular flexibility index (Phi) is 7.47. The van der Waals surface area contributed by atoms with Crippen LogP contribution in [0, 0.1) is 5.92 Å². The summed E-state index contributed by atoms with van der Waals surface area (Å²) in [6.07, 6.45) is 4.69. The van der Waals surface area contributed by atoms with Crippen LogP contribution in [0.3, 0.4) is 0 Å². The van der Waals surface area contributed by atoms with Gasteiger partial charge in [-0.25, -0.2) is 0 Å². The summed E-state index contributed by atoms with van der Waals surface area (Å²) in [5, 5.41) is 3.56. The SMILES string of the molecule is CCCCC(CC)CNC(=O)c1cc(Cl)cc(Br)c1. The molecule has 0 aliphatic heterocycles. The summed E-state index contributed by atoms with van der Waals surface area (Å²) < 4.78 is 0.822. The highest BCUT2D eigenvalue weighted by molar-refractivity contribution is 9.10. The molecule has 1 amide bonds. The largest absolute Gasteiger partial charge is 0.352 e. The van der Waals surface area contributed by atoms with Gasteiger partial charge in [-0.1, -0.05) is 60.6 Å². The number of benzene rings is 1. The first kappa shape index (κ1) is 16.5. The second kappa shape index (κ2) is 8.60. The number of carbonyl (C=O) groups is 1. The lowest BCUT2D eigenvalue weighted by atomic mass is 9.99. The van der Waals surface area contributed by atoms with E-state index in [1.807, 2.05) is 0 Å². The molecule has 0 spiro atoms. The normalized spacial score (nSPS) is 12.2. The molecule has 4 heteroatoms. The molecule has 0 aliphatic carbocycles. The van der Waals surface area contributed by atoms with E-state index in [1.165, 1.54) is 19.3 Å². The molecule has 0 aromatic heterocycles. The summed E-state index contributed by atoms with van der Waals surface area (Å²) >= 11 is 9.29. The lowest BCUT2D eigenvalue weighted by Gasteiger charge is -2.15. The van der Waals surface area contributed by atoms with E-state index in [2.05, 4.69) is 35.1 Å². The fourth-order valence-electron chi connectivity index (χ4n) is 1.97. The maximum Gasteiger partial charge on any atom is 0.251 e. The van der Waals surface area contributed by atoms with Crippen LogP contribution in [0.1, 0.15) is 49.9 Å². The Morgan fingerprint density at radius 2 is 2.11 bits per heavy atom. The fraction of sp³-hybridized carbons (Fsp3) is 0.533. The lowest BCUT2D eigenvalue weighted by Crippen LogP contribution is -2.29. The van der Waals surface area contributed by atoms with E-state index in [0.29, 0.717) is 16.5 Å². The minimum atomic E-state index is -0.0573. The summed E-state index contributed by atoms with van der Waals surface area (Å²) in [5.74, 6) is 0.504. The Labute approximate surface area is 129 Å². The highest BCUT2D eigenvalue weighted by atomic mass is 79.9. The molecule has 1 unspecified atom stereocenters. The maximum absolute atomic E-state index is 12.1. The number of halogens is 2. The average Bonchev–Trinajstić information content (AvgIpc) is 2.37. The molecule has 0 saturated carbocycles. The summed E-state index contributed by atoms with van der Waals surface area (Å²) in [7, 11) is 0. The van der Waals surface area contributed by atoms with E-state index in [4.69, 9.17) is 11.6 Å². The maximum atomic E-state index is 12.1. The van der Waals surface area contributed by atoms with Gasteiger partial charge in [-0.3, -0.25) is 4.79 Å². The first-order chi connectivity index (χ1) is 9.06. The van der Waals surface area contributed by atoms with Crippen LogP contribution in [0.2, 0.25) is 5.02 Å². The van der Waals surface area contributed by atoms with Crippen molar-refractivity contribution < 1.29 is 4.79 Å². The van der Waals surface area contributed by atoms with E-state index in [0.717, 1.165) is 17.4 Å². The van der Waals surface area contributed by atoms with Crippen molar-refractivity contribution in [3.8, 4) is 0 Å². The van der Waals surface area contributed by atoms with Crippen molar-refractivity contribution >= 4 is 33.4 Å². The Bertz CT molecular complexity index is 402. The molecular weight excluding hydrogens is 326 g/mol. The van der Waals surface area contributed by atoms with Gasteiger partial charge in [0.1, 0.15) is 0 Å². The number of amides is 1. The van der Waals surface area contributed by atoms with Crippen LogP contribution in [0.25, 0.3) is 0 Å². The standard InChI is InChI=1S/C15H21BrClNO/c1-3-5-6-11(4-2)10-18-15(19)12-7-13(16)9-14(17)8-12/h7-9,11H,3-6,10H2,1-2H3,(H,18,19). The van der Waals surface area contributed by atoms with E-state index in [1.54, 1.807) is 18.2 Å². The molecule has 1 aromatic rings. The van der Waals surface area contributed by atoms with Gasteiger partial charge in [-0.2, -0.15) is 0 Å². The summed E-state index contributed by atoms with van der Waals surface area (Å²) in [5.41, 5.74) is 0.602. The molecule has 19 heavy (non-hydrogen) atoms. The second-order valence-corrected chi connectivity index (χ2v) is 6.14. The van der Waals surface area contributed by atoms with Crippen molar-refractivity contribution in [3.05, 3.63) is 33.3 Å². The second-order valence-electron chi connectivity index (χ2n) is 4.78. The number of hydrogen-bond acceptors (Lipinski definition) is 1. The van der Waals surface area contributed by atoms with Crippen LogP contribution in [0.4, 0.5) is 0 Å². The minimum absolute atomic E-state index is 0.0573. The Hall–Kier alpha value is -0.540. The predicted octanol–water partition coefficient (Wildman–Crippen LogP) is 5.05. The zero-order valence-corrected chi connectivity index (χ0v) is 13.9.